The number of amides is 1. The van der Waals surface area contributed by atoms with Gasteiger partial charge >= 0.3 is 0 Å². The monoisotopic (exact) mass is 492 g/mol. The molecule has 1 N–H and O–H groups in total. The highest BCUT2D eigenvalue weighted by Gasteiger charge is 2.27. The smallest absolute Gasteiger partial charge is 0.264 e. The first-order valence-electron chi connectivity index (χ1n) is 11.1. The molecule has 1 amide bonds. The molecule has 0 atom stereocenters. The van der Waals surface area contributed by atoms with Crippen LogP contribution in [0, 0.1) is 12.7 Å². The van der Waals surface area contributed by atoms with Crippen LogP contribution in [-0.2, 0) is 14.8 Å². The van der Waals surface area contributed by atoms with Crippen molar-refractivity contribution in [3.05, 3.63) is 102 Å². The summed E-state index contributed by atoms with van der Waals surface area (Å²) >= 11 is 0. The standard InChI is InChI=1S/C27H25FN2O4S/c1-20-9-13-23(14-10-20)30(35(32,33)24-15-11-22(28)12-16-24)19-27(31)29-17-18-34-26-8-4-6-21-5-2-3-7-25(21)26/h2-16H,17-19H2,1H3,(H,29,31). The van der Waals surface area contributed by atoms with Crippen molar-refractivity contribution in [2.45, 2.75) is 11.8 Å². The molecule has 6 nitrogen and oxygen atoms in total. The van der Waals surface area contributed by atoms with E-state index in [0.29, 0.717) is 11.4 Å². The second-order valence-corrected chi connectivity index (χ2v) is 9.84. The Balaban J connectivity index is 1.44. The molecule has 180 valence electrons. The normalized spacial score (nSPS) is 11.3. The van der Waals surface area contributed by atoms with Gasteiger partial charge in [-0.1, -0.05) is 54.1 Å². The molecule has 4 aromatic carbocycles. The molecule has 0 unspecified atom stereocenters. The third-order valence-electron chi connectivity index (χ3n) is 5.44. The van der Waals surface area contributed by atoms with Crippen molar-refractivity contribution >= 4 is 32.4 Å². The van der Waals surface area contributed by atoms with Crippen molar-refractivity contribution < 1.29 is 22.3 Å². The summed E-state index contributed by atoms with van der Waals surface area (Å²) in [4.78, 5) is 12.6. The molecule has 0 aliphatic heterocycles. The van der Waals surface area contributed by atoms with E-state index in [-0.39, 0.29) is 18.0 Å². The third-order valence-corrected chi connectivity index (χ3v) is 7.23. The Hall–Kier alpha value is -3.91. The molecule has 4 aromatic rings. The Morgan fingerprint density at radius 3 is 2.34 bits per heavy atom. The van der Waals surface area contributed by atoms with Gasteiger partial charge in [0.1, 0.15) is 24.7 Å². The minimum atomic E-state index is -4.10. The zero-order valence-corrected chi connectivity index (χ0v) is 20.0. The molecule has 0 spiro atoms. The third kappa shape index (κ3) is 5.78. The van der Waals surface area contributed by atoms with Gasteiger partial charge in [-0.2, -0.15) is 0 Å². The Bertz CT molecular complexity index is 1420. The Morgan fingerprint density at radius 2 is 1.60 bits per heavy atom. The SMILES string of the molecule is Cc1ccc(N(CC(=O)NCCOc2cccc3ccccc23)S(=O)(=O)c2ccc(F)cc2)cc1. The fraction of sp³-hybridized carbons (Fsp3) is 0.148. The number of sulfonamides is 1. The van der Waals surface area contributed by atoms with Crippen LogP contribution in [0.3, 0.4) is 0 Å². The summed E-state index contributed by atoms with van der Waals surface area (Å²) in [5.74, 6) is -0.329. The van der Waals surface area contributed by atoms with Gasteiger partial charge in [0.05, 0.1) is 17.1 Å². The number of halogens is 1. The number of rotatable bonds is 9. The van der Waals surface area contributed by atoms with Gasteiger partial charge in [-0.05, 0) is 54.8 Å². The van der Waals surface area contributed by atoms with Gasteiger partial charge in [0.2, 0.25) is 5.91 Å². The first-order valence-corrected chi connectivity index (χ1v) is 12.5. The summed E-state index contributed by atoms with van der Waals surface area (Å²) < 4.78 is 46.8. The van der Waals surface area contributed by atoms with Crippen LogP contribution < -0.4 is 14.4 Å². The highest BCUT2D eigenvalue weighted by atomic mass is 32.2. The van der Waals surface area contributed by atoms with Crippen molar-refractivity contribution in [3.63, 3.8) is 0 Å². The molecule has 8 heteroatoms. The fourth-order valence-corrected chi connectivity index (χ4v) is 5.04. The van der Waals surface area contributed by atoms with E-state index >= 15 is 0 Å². The predicted octanol–water partition coefficient (Wildman–Crippen LogP) is 4.68. The van der Waals surface area contributed by atoms with Gasteiger partial charge in [-0.3, -0.25) is 9.10 Å². The van der Waals surface area contributed by atoms with Crippen LogP contribution in [0.25, 0.3) is 10.8 Å². The number of hydrogen-bond donors (Lipinski definition) is 1. The summed E-state index contributed by atoms with van der Waals surface area (Å²) in [7, 11) is -4.10. The van der Waals surface area contributed by atoms with Gasteiger partial charge in [0.25, 0.3) is 10.0 Å². The number of fused-ring (bicyclic) bond motifs is 1. The van der Waals surface area contributed by atoms with Crippen LogP contribution in [-0.4, -0.2) is 34.0 Å². The lowest BCUT2D eigenvalue weighted by molar-refractivity contribution is -0.119. The highest BCUT2D eigenvalue weighted by Crippen LogP contribution is 2.25. The number of hydrogen-bond acceptors (Lipinski definition) is 4. The minimum absolute atomic E-state index is 0.105. The van der Waals surface area contributed by atoms with E-state index in [0.717, 1.165) is 32.8 Å². The van der Waals surface area contributed by atoms with Crippen molar-refractivity contribution in [2.75, 3.05) is 24.0 Å². The molecule has 0 heterocycles. The molecule has 0 fully saturated rings. The first kappa shape index (κ1) is 24.2. The van der Waals surface area contributed by atoms with E-state index in [1.807, 2.05) is 49.4 Å². The van der Waals surface area contributed by atoms with Gasteiger partial charge in [0, 0.05) is 5.39 Å². The van der Waals surface area contributed by atoms with Crippen molar-refractivity contribution in [3.8, 4) is 5.75 Å². The average Bonchev–Trinajstić information content (AvgIpc) is 2.86. The maximum absolute atomic E-state index is 13.4. The van der Waals surface area contributed by atoms with Gasteiger partial charge in [-0.15, -0.1) is 0 Å². The molecule has 0 saturated carbocycles. The van der Waals surface area contributed by atoms with E-state index in [9.17, 15) is 17.6 Å². The number of ether oxygens (including phenoxy) is 1. The van der Waals surface area contributed by atoms with Crippen LogP contribution >= 0.6 is 0 Å². The van der Waals surface area contributed by atoms with Gasteiger partial charge in [-0.25, -0.2) is 12.8 Å². The molecule has 0 aromatic heterocycles. The molecule has 0 aliphatic rings. The fourth-order valence-electron chi connectivity index (χ4n) is 3.62. The maximum Gasteiger partial charge on any atom is 0.264 e. The zero-order chi connectivity index (χ0) is 24.8. The van der Waals surface area contributed by atoms with Crippen molar-refractivity contribution in [1.82, 2.24) is 5.32 Å². The molecular formula is C27H25FN2O4S. The first-order chi connectivity index (χ1) is 16.8. The lowest BCUT2D eigenvalue weighted by Gasteiger charge is -2.24. The van der Waals surface area contributed by atoms with Crippen LogP contribution in [0.5, 0.6) is 5.75 Å². The summed E-state index contributed by atoms with van der Waals surface area (Å²) in [6.07, 6.45) is 0. The Kier molecular flexibility index (Phi) is 7.31. The molecule has 4 rings (SSSR count). The van der Waals surface area contributed by atoms with Gasteiger partial charge in [0.15, 0.2) is 0 Å². The molecule has 0 aliphatic carbocycles. The molecule has 0 bridgehead atoms. The molecule has 35 heavy (non-hydrogen) atoms. The predicted molar refractivity (Wildman–Crippen MR) is 135 cm³/mol. The highest BCUT2D eigenvalue weighted by molar-refractivity contribution is 7.92. The number of nitrogens with one attached hydrogen (secondary N) is 1. The van der Waals surface area contributed by atoms with Crippen LogP contribution in [0.15, 0.2) is 95.9 Å². The minimum Gasteiger partial charge on any atom is -0.491 e. The lowest BCUT2D eigenvalue weighted by atomic mass is 10.1. The topological polar surface area (TPSA) is 75.7 Å². The average molecular weight is 493 g/mol. The quantitative estimate of drug-likeness (QED) is 0.344. The zero-order valence-electron chi connectivity index (χ0n) is 19.1. The number of nitrogens with zero attached hydrogens (tertiary/aromatic N) is 1. The molecule has 0 radical (unpaired) electrons. The van der Waals surface area contributed by atoms with Crippen LogP contribution in [0.2, 0.25) is 0 Å². The van der Waals surface area contributed by atoms with Crippen LogP contribution in [0.1, 0.15) is 5.56 Å². The largest absolute Gasteiger partial charge is 0.491 e. The van der Waals surface area contributed by atoms with E-state index in [2.05, 4.69) is 5.32 Å². The maximum atomic E-state index is 13.4. The number of benzene rings is 4. The second-order valence-electron chi connectivity index (χ2n) is 7.98. The Labute approximate surface area is 204 Å². The number of aryl methyl sites for hydroxylation is 1. The number of carbonyl (C=O) groups is 1. The van der Waals surface area contributed by atoms with Crippen molar-refractivity contribution in [2.24, 2.45) is 0 Å². The summed E-state index contributed by atoms with van der Waals surface area (Å²) in [5.41, 5.74) is 1.28. The lowest BCUT2D eigenvalue weighted by Crippen LogP contribution is -2.41. The van der Waals surface area contributed by atoms with E-state index in [1.165, 1.54) is 12.1 Å². The van der Waals surface area contributed by atoms with Gasteiger partial charge < -0.3 is 10.1 Å². The summed E-state index contributed by atoms with van der Waals surface area (Å²) in [6.45, 7) is 1.86. The van der Waals surface area contributed by atoms with E-state index < -0.39 is 28.3 Å². The molecular weight excluding hydrogens is 467 g/mol. The van der Waals surface area contributed by atoms with E-state index in [1.54, 1.807) is 24.3 Å². The summed E-state index contributed by atoms with van der Waals surface area (Å²) in [6, 6.07) is 24.9. The Morgan fingerprint density at radius 1 is 0.914 bits per heavy atom. The second kappa shape index (κ2) is 10.6. The van der Waals surface area contributed by atoms with Crippen LogP contribution in [0.4, 0.5) is 10.1 Å². The van der Waals surface area contributed by atoms with E-state index in [4.69, 9.17) is 4.74 Å². The van der Waals surface area contributed by atoms with Crippen molar-refractivity contribution in [1.29, 1.82) is 0 Å². The summed E-state index contributed by atoms with van der Waals surface area (Å²) in [5, 5.41) is 4.73. The number of carbonyl (C=O) groups excluding carboxylic acids is 1. The number of anilines is 1. The molecule has 0 saturated heterocycles.